The second-order valence-electron chi connectivity index (χ2n) is 4.73. The molecule has 0 aliphatic heterocycles. The lowest BCUT2D eigenvalue weighted by atomic mass is 10.1. The molecule has 4 nitrogen and oxygen atoms in total. The summed E-state index contributed by atoms with van der Waals surface area (Å²) in [7, 11) is 0. The quantitative estimate of drug-likeness (QED) is 0.739. The van der Waals surface area contributed by atoms with Gasteiger partial charge in [0.1, 0.15) is 0 Å². The molecule has 0 saturated heterocycles. The average Bonchev–Trinajstić information content (AvgIpc) is 2.48. The maximum Gasteiger partial charge on any atom is 0.269 e. The van der Waals surface area contributed by atoms with E-state index >= 15 is 0 Å². The molecule has 0 spiro atoms. The molecule has 4 heteroatoms. The first-order chi connectivity index (χ1) is 9.74. The molecule has 0 atom stereocenters. The summed E-state index contributed by atoms with van der Waals surface area (Å²) in [5, 5.41) is 0. The molecule has 100 valence electrons. The number of aromatic nitrogens is 2. The lowest BCUT2D eigenvalue weighted by Gasteiger charge is -2.09. The highest BCUT2D eigenvalue weighted by atomic mass is 16.1. The van der Waals surface area contributed by atoms with Crippen LogP contribution in [-0.4, -0.2) is 9.55 Å². The smallest absolute Gasteiger partial charge is 0.269 e. The van der Waals surface area contributed by atoms with Crippen molar-refractivity contribution in [2.24, 2.45) is 0 Å². The number of hydrogen-bond acceptors (Lipinski definition) is 3. The second kappa shape index (κ2) is 5.17. The second-order valence-corrected chi connectivity index (χ2v) is 4.73. The number of rotatable bonds is 3. The Morgan fingerprint density at radius 3 is 2.60 bits per heavy atom. The predicted molar refractivity (Wildman–Crippen MR) is 80.6 cm³/mol. The molecular weight excluding hydrogens is 250 g/mol. The van der Waals surface area contributed by atoms with Gasteiger partial charge in [-0.1, -0.05) is 24.3 Å². The number of hydrogen-bond donors (Lipinski definition) is 1. The SMILES string of the molecule is Nc1ccc(CCn2c(=O)cnc3ccccc32)cc1. The molecule has 0 aliphatic carbocycles. The molecule has 0 bridgehead atoms. The molecule has 0 radical (unpaired) electrons. The summed E-state index contributed by atoms with van der Waals surface area (Å²) in [5.74, 6) is 0. The third-order valence-corrected chi connectivity index (χ3v) is 3.36. The summed E-state index contributed by atoms with van der Waals surface area (Å²) in [6.07, 6.45) is 2.17. The Balaban J connectivity index is 1.92. The molecule has 2 aromatic carbocycles. The zero-order chi connectivity index (χ0) is 13.9. The third-order valence-electron chi connectivity index (χ3n) is 3.36. The minimum absolute atomic E-state index is 0.0702. The highest BCUT2D eigenvalue weighted by Gasteiger charge is 2.03. The lowest BCUT2D eigenvalue weighted by molar-refractivity contribution is 0.691. The molecule has 0 fully saturated rings. The number of nitrogens with zero attached hydrogens (tertiary/aromatic N) is 2. The molecule has 1 heterocycles. The van der Waals surface area contributed by atoms with Crippen molar-refractivity contribution < 1.29 is 0 Å². The van der Waals surface area contributed by atoms with E-state index in [-0.39, 0.29) is 5.56 Å². The van der Waals surface area contributed by atoms with Crippen molar-refractivity contribution >= 4 is 16.7 Å². The topological polar surface area (TPSA) is 60.9 Å². The molecule has 3 aromatic rings. The van der Waals surface area contributed by atoms with Crippen molar-refractivity contribution in [1.29, 1.82) is 0 Å². The van der Waals surface area contributed by atoms with Crippen molar-refractivity contribution in [2.45, 2.75) is 13.0 Å². The van der Waals surface area contributed by atoms with Crippen LogP contribution in [0.2, 0.25) is 0 Å². The van der Waals surface area contributed by atoms with Gasteiger partial charge in [0.2, 0.25) is 0 Å². The van der Waals surface area contributed by atoms with Gasteiger partial charge in [0, 0.05) is 12.2 Å². The highest BCUT2D eigenvalue weighted by Crippen LogP contribution is 2.11. The summed E-state index contributed by atoms with van der Waals surface area (Å²) >= 11 is 0. The van der Waals surface area contributed by atoms with E-state index in [1.807, 2.05) is 48.5 Å². The van der Waals surface area contributed by atoms with Crippen molar-refractivity contribution in [1.82, 2.24) is 9.55 Å². The third kappa shape index (κ3) is 2.40. The van der Waals surface area contributed by atoms with E-state index in [4.69, 9.17) is 5.73 Å². The number of fused-ring (bicyclic) bond motifs is 1. The van der Waals surface area contributed by atoms with Gasteiger partial charge >= 0.3 is 0 Å². The zero-order valence-corrected chi connectivity index (χ0v) is 11.0. The molecule has 2 N–H and O–H groups in total. The van der Waals surface area contributed by atoms with E-state index < -0.39 is 0 Å². The fraction of sp³-hybridized carbons (Fsp3) is 0.125. The van der Waals surface area contributed by atoms with Crippen LogP contribution in [0.15, 0.2) is 59.5 Å². The number of aryl methyl sites for hydroxylation is 2. The van der Waals surface area contributed by atoms with Crippen molar-refractivity contribution in [3.05, 3.63) is 70.6 Å². The van der Waals surface area contributed by atoms with E-state index in [1.54, 1.807) is 4.57 Å². The van der Waals surface area contributed by atoms with Crippen LogP contribution in [0.5, 0.6) is 0 Å². The van der Waals surface area contributed by atoms with Crippen LogP contribution in [0, 0.1) is 0 Å². The van der Waals surface area contributed by atoms with Crippen LogP contribution in [-0.2, 0) is 13.0 Å². The van der Waals surface area contributed by atoms with E-state index in [9.17, 15) is 4.79 Å². The van der Waals surface area contributed by atoms with Crippen LogP contribution in [0.3, 0.4) is 0 Å². The summed E-state index contributed by atoms with van der Waals surface area (Å²) in [6, 6.07) is 15.4. The van der Waals surface area contributed by atoms with Gasteiger partial charge in [0.05, 0.1) is 17.2 Å². The van der Waals surface area contributed by atoms with Gasteiger partial charge < -0.3 is 10.3 Å². The number of nitrogens with two attached hydrogens (primary N) is 1. The van der Waals surface area contributed by atoms with Crippen molar-refractivity contribution in [2.75, 3.05) is 5.73 Å². The van der Waals surface area contributed by atoms with Crippen LogP contribution >= 0.6 is 0 Å². The molecule has 3 rings (SSSR count). The Morgan fingerprint density at radius 2 is 1.80 bits per heavy atom. The van der Waals surface area contributed by atoms with Crippen molar-refractivity contribution in [3.8, 4) is 0 Å². The van der Waals surface area contributed by atoms with Gasteiger partial charge in [-0.25, -0.2) is 4.98 Å². The zero-order valence-electron chi connectivity index (χ0n) is 11.0. The average molecular weight is 265 g/mol. The summed E-state index contributed by atoms with van der Waals surface area (Å²) in [4.78, 5) is 16.1. The van der Waals surface area contributed by atoms with Gasteiger partial charge in [0.25, 0.3) is 5.56 Å². The molecule has 0 unspecified atom stereocenters. The minimum atomic E-state index is -0.0702. The predicted octanol–water partition coefficient (Wildman–Crippen LogP) is 2.22. The van der Waals surface area contributed by atoms with E-state index in [0.29, 0.717) is 6.54 Å². The molecule has 0 amide bonds. The monoisotopic (exact) mass is 265 g/mol. The summed E-state index contributed by atoms with van der Waals surface area (Å²) < 4.78 is 1.76. The molecule has 0 aliphatic rings. The fourth-order valence-corrected chi connectivity index (χ4v) is 2.27. The van der Waals surface area contributed by atoms with E-state index in [2.05, 4.69) is 4.98 Å². The van der Waals surface area contributed by atoms with Crippen molar-refractivity contribution in [3.63, 3.8) is 0 Å². The first-order valence-corrected chi connectivity index (χ1v) is 6.53. The van der Waals surface area contributed by atoms with Crippen LogP contribution in [0.25, 0.3) is 11.0 Å². The standard InChI is InChI=1S/C16H15N3O/c17-13-7-5-12(6-8-13)9-10-19-15-4-2-1-3-14(15)18-11-16(19)20/h1-8,11H,9-10,17H2. The Morgan fingerprint density at radius 1 is 1.05 bits per heavy atom. The Bertz CT molecular complexity index is 791. The van der Waals surface area contributed by atoms with Gasteiger partial charge in [-0.15, -0.1) is 0 Å². The van der Waals surface area contributed by atoms with E-state index in [1.165, 1.54) is 6.20 Å². The number of nitrogen functional groups attached to an aromatic ring is 1. The van der Waals surface area contributed by atoms with Gasteiger partial charge in [-0.05, 0) is 36.2 Å². The fourth-order valence-electron chi connectivity index (χ4n) is 2.27. The van der Waals surface area contributed by atoms with E-state index in [0.717, 1.165) is 28.7 Å². The summed E-state index contributed by atoms with van der Waals surface area (Å²) in [5.41, 5.74) is 9.22. The Hall–Kier alpha value is -2.62. The van der Waals surface area contributed by atoms with Gasteiger partial charge in [-0.3, -0.25) is 4.79 Å². The largest absolute Gasteiger partial charge is 0.399 e. The molecule has 0 saturated carbocycles. The number of para-hydroxylation sites is 2. The number of benzene rings is 2. The van der Waals surface area contributed by atoms with Crippen LogP contribution < -0.4 is 11.3 Å². The van der Waals surface area contributed by atoms with Gasteiger partial charge in [0.15, 0.2) is 0 Å². The Labute approximate surface area is 116 Å². The number of anilines is 1. The minimum Gasteiger partial charge on any atom is -0.399 e. The van der Waals surface area contributed by atoms with Crippen LogP contribution in [0.1, 0.15) is 5.56 Å². The van der Waals surface area contributed by atoms with Crippen LogP contribution in [0.4, 0.5) is 5.69 Å². The highest BCUT2D eigenvalue weighted by molar-refractivity contribution is 5.74. The first-order valence-electron chi connectivity index (χ1n) is 6.53. The normalized spacial score (nSPS) is 10.8. The molecular formula is C16H15N3O. The lowest BCUT2D eigenvalue weighted by Crippen LogP contribution is -2.21. The summed E-state index contributed by atoms with van der Waals surface area (Å²) in [6.45, 7) is 0.631. The Kier molecular flexibility index (Phi) is 3.21. The maximum atomic E-state index is 12.0. The molecule has 20 heavy (non-hydrogen) atoms. The first kappa shape index (κ1) is 12.4. The maximum absolute atomic E-state index is 12.0. The van der Waals surface area contributed by atoms with Gasteiger partial charge in [-0.2, -0.15) is 0 Å². The molecule has 1 aromatic heterocycles.